The zero-order chi connectivity index (χ0) is 13.8. The third-order valence-corrected chi connectivity index (χ3v) is 3.06. The Morgan fingerprint density at radius 2 is 2.16 bits per heavy atom. The topological polar surface area (TPSA) is 59.7 Å². The number of hydrogen-bond acceptors (Lipinski definition) is 3. The third-order valence-electron chi connectivity index (χ3n) is 2.57. The maximum absolute atomic E-state index is 10.8. The first-order valence-electron chi connectivity index (χ1n) is 5.71. The van der Waals surface area contributed by atoms with Crippen molar-refractivity contribution in [2.75, 3.05) is 0 Å². The van der Waals surface area contributed by atoms with Gasteiger partial charge in [0.1, 0.15) is 12.4 Å². The molecule has 0 atom stereocenters. The lowest BCUT2D eigenvalue weighted by atomic mass is 10.2. The molecule has 0 spiro atoms. The van der Waals surface area contributed by atoms with Crippen LogP contribution in [-0.4, -0.2) is 11.1 Å². The molecule has 0 fully saturated rings. The van der Waals surface area contributed by atoms with Crippen molar-refractivity contribution in [1.82, 2.24) is 0 Å². The Kier molecular flexibility index (Phi) is 4.39. The fraction of sp³-hybridized carbons (Fsp3) is 0.214. The Labute approximate surface area is 119 Å². The summed E-state index contributed by atoms with van der Waals surface area (Å²) in [7, 11) is 0. The van der Waals surface area contributed by atoms with Crippen molar-refractivity contribution in [3.63, 3.8) is 0 Å². The van der Waals surface area contributed by atoms with Gasteiger partial charge < -0.3 is 14.3 Å². The van der Waals surface area contributed by atoms with Crippen LogP contribution in [-0.2, 0) is 18.0 Å². The van der Waals surface area contributed by atoms with Gasteiger partial charge in [-0.3, -0.25) is 0 Å². The summed E-state index contributed by atoms with van der Waals surface area (Å²) in [4.78, 5) is 10.8. The second-order valence-corrected chi connectivity index (χ2v) is 5.07. The number of hydrogen-bond donors (Lipinski definition) is 1. The van der Waals surface area contributed by atoms with E-state index in [2.05, 4.69) is 15.9 Å². The van der Waals surface area contributed by atoms with Crippen LogP contribution in [0.3, 0.4) is 0 Å². The van der Waals surface area contributed by atoms with E-state index in [-0.39, 0.29) is 12.4 Å². The lowest BCUT2D eigenvalue weighted by molar-refractivity contribution is 0.0640. The number of benzene rings is 1. The van der Waals surface area contributed by atoms with E-state index in [9.17, 15) is 4.79 Å². The van der Waals surface area contributed by atoms with Crippen LogP contribution in [0, 0.1) is 6.92 Å². The number of carbonyl (C=O) groups is 1. The Hall–Kier alpha value is -1.59. The molecule has 1 aromatic heterocycles. The molecule has 1 aromatic carbocycles. The first-order valence-corrected chi connectivity index (χ1v) is 6.50. The fourth-order valence-corrected chi connectivity index (χ4v) is 2.17. The quantitative estimate of drug-likeness (QED) is 0.909. The molecule has 0 unspecified atom stereocenters. The molecule has 0 aliphatic carbocycles. The largest absolute Gasteiger partial charge is 0.475 e. The second kappa shape index (κ2) is 6.04. The molecule has 0 saturated heterocycles. The highest BCUT2D eigenvalue weighted by molar-refractivity contribution is 9.10. The first kappa shape index (κ1) is 13.8. The van der Waals surface area contributed by atoms with Crippen molar-refractivity contribution >= 4 is 21.9 Å². The van der Waals surface area contributed by atoms with Gasteiger partial charge in [-0.15, -0.1) is 0 Å². The minimum atomic E-state index is -1.06. The van der Waals surface area contributed by atoms with Crippen LogP contribution in [0.15, 0.2) is 39.2 Å². The summed E-state index contributed by atoms with van der Waals surface area (Å²) in [6, 6.07) is 9.49. The van der Waals surface area contributed by atoms with E-state index in [4.69, 9.17) is 14.3 Å². The van der Waals surface area contributed by atoms with Crippen LogP contribution in [0.2, 0.25) is 0 Å². The van der Waals surface area contributed by atoms with Crippen LogP contribution < -0.4 is 0 Å². The van der Waals surface area contributed by atoms with Gasteiger partial charge in [-0.05, 0) is 30.7 Å². The number of carboxylic acids is 1. The monoisotopic (exact) mass is 324 g/mol. The summed E-state index contributed by atoms with van der Waals surface area (Å²) >= 11 is 3.39. The van der Waals surface area contributed by atoms with Gasteiger partial charge in [-0.2, -0.15) is 0 Å². The molecule has 19 heavy (non-hydrogen) atoms. The van der Waals surface area contributed by atoms with E-state index < -0.39 is 5.97 Å². The lowest BCUT2D eigenvalue weighted by Gasteiger charge is -2.02. The van der Waals surface area contributed by atoms with E-state index in [1.54, 1.807) is 13.0 Å². The van der Waals surface area contributed by atoms with Gasteiger partial charge in [0.15, 0.2) is 0 Å². The van der Waals surface area contributed by atoms with Crippen LogP contribution in [0.25, 0.3) is 0 Å². The highest BCUT2D eigenvalue weighted by Gasteiger charge is 2.14. The fourth-order valence-electron chi connectivity index (χ4n) is 1.73. The molecule has 2 aromatic rings. The van der Waals surface area contributed by atoms with Gasteiger partial charge in [0.2, 0.25) is 5.76 Å². The maximum atomic E-state index is 10.8. The SMILES string of the molecule is Cc1cc(COCc2cccc(Br)c2)oc1C(=O)O. The standard InChI is InChI=1S/C14H13BrO4/c1-9-5-12(19-13(9)14(16)17)8-18-7-10-3-2-4-11(15)6-10/h2-6H,7-8H2,1H3,(H,16,17). The van der Waals surface area contributed by atoms with Gasteiger partial charge in [0, 0.05) is 10.0 Å². The van der Waals surface area contributed by atoms with Crippen molar-refractivity contribution in [3.8, 4) is 0 Å². The summed E-state index contributed by atoms with van der Waals surface area (Å²) < 4.78 is 11.7. The van der Waals surface area contributed by atoms with Gasteiger partial charge >= 0.3 is 5.97 Å². The molecule has 1 heterocycles. The van der Waals surface area contributed by atoms with Crippen molar-refractivity contribution < 1.29 is 19.1 Å². The molecule has 0 bridgehead atoms. The van der Waals surface area contributed by atoms with Crippen LogP contribution >= 0.6 is 15.9 Å². The number of furan rings is 1. The molecule has 1 N–H and O–H groups in total. The number of rotatable bonds is 5. The van der Waals surface area contributed by atoms with E-state index >= 15 is 0 Å². The average molecular weight is 325 g/mol. The van der Waals surface area contributed by atoms with Gasteiger partial charge in [0.05, 0.1) is 6.61 Å². The van der Waals surface area contributed by atoms with E-state index in [1.165, 1.54) is 0 Å². The average Bonchev–Trinajstić information content (AvgIpc) is 2.71. The zero-order valence-electron chi connectivity index (χ0n) is 10.4. The summed E-state index contributed by atoms with van der Waals surface area (Å²) in [5.74, 6) is -0.568. The summed E-state index contributed by atoms with van der Waals surface area (Å²) in [5, 5.41) is 8.87. The Morgan fingerprint density at radius 1 is 1.37 bits per heavy atom. The first-order chi connectivity index (χ1) is 9.06. The number of aromatic carboxylic acids is 1. The Morgan fingerprint density at radius 3 is 2.79 bits per heavy atom. The summed E-state index contributed by atoms with van der Waals surface area (Å²) in [5.41, 5.74) is 1.64. The molecule has 2 rings (SSSR count). The van der Waals surface area contributed by atoms with E-state index in [0.717, 1.165) is 10.0 Å². The summed E-state index contributed by atoms with van der Waals surface area (Å²) in [6.07, 6.45) is 0. The molecule has 4 nitrogen and oxygen atoms in total. The Balaban J connectivity index is 1.92. The van der Waals surface area contributed by atoms with Gasteiger partial charge in [0.25, 0.3) is 0 Å². The predicted octanol–water partition coefficient (Wildman–Crippen LogP) is 3.77. The highest BCUT2D eigenvalue weighted by Crippen LogP contribution is 2.17. The second-order valence-electron chi connectivity index (χ2n) is 4.15. The van der Waals surface area contributed by atoms with Crippen molar-refractivity contribution in [3.05, 3.63) is 57.5 Å². The van der Waals surface area contributed by atoms with Gasteiger partial charge in [-0.1, -0.05) is 28.1 Å². The van der Waals surface area contributed by atoms with Crippen LogP contribution in [0.5, 0.6) is 0 Å². The molecule has 0 aliphatic rings. The van der Waals surface area contributed by atoms with Crippen molar-refractivity contribution in [2.45, 2.75) is 20.1 Å². The minimum Gasteiger partial charge on any atom is -0.475 e. The van der Waals surface area contributed by atoms with Crippen molar-refractivity contribution in [1.29, 1.82) is 0 Å². The molecule has 0 radical (unpaired) electrons. The number of aryl methyl sites for hydroxylation is 1. The molecular weight excluding hydrogens is 312 g/mol. The molecule has 0 aliphatic heterocycles. The van der Waals surface area contributed by atoms with Crippen LogP contribution in [0.4, 0.5) is 0 Å². The zero-order valence-corrected chi connectivity index (χ0v) is 11.9. The van der Waals surface area contributed by atoms with Gasteiger partial charge in [-0.25, -0.2) is 4.79 Å². The highest BCUT2D eigenvalue weighted by atomic mass is 79.9. The molecule has 5 heteroatoms. The van der Waals surface area contributed by atoms with E-state index in [0.29, 0.717) is 17.9 Å². The molecule has 0 amide bonds. The Bertz CT molecular complexity index is 589. The third kappa shape index (κ3) is 3.68. The predicted molar refractivity (Wildman–Crippen MR) is 73.0 cm³/mol. The normalized spacial score (nSPS) is 10.6. The van der Waals surface area contributed by atoms with Crippen LogP contribution in [0.1, 0.15) is 27.4 Å². The number of ether oxygens (including phenoxy) is 1. The molecule has 0 saturated carbocycles. The minimum absolute atomic E-state index is 0.0268. The smallest absolute Gasteiger partial charge is 0.372 e. The maximum Gasteiger partial charge on any atom is 0.372 e. The van der Waals surface area contributed by atoms with E-state index in [1.807, 2.05) is 24.3 Å². The lowest BCUT2D eigenvalue weighted by Crippen LogP contribution is -1.95. The van der Waals surface area contributed by atoms with Crippen molar-refractivity contribution in [2.24, 2.45) is 0 Å². The molecule has 100 valence electrons. The summed E-state index contributed by atoms with van der Waals surface area (Å²) in [6.45, 7) is 2.40. The number of carboxylic acid groups (broad SMARTS) is 1. The molecular formula is C14H13BrO4. The number of halogens is 1.